The molecule has 1 N–H and O–H groups in total. The van der Waals surface area contributed by atoms with E-state index in [4.69, 9.17) is 0 Å². The standard InChI is InChI=1S/C15H25N3O2/c1-4-12(5-2)18-14(10-11(3)16-18)15(20)17-8-6-13(19)7-9-17/h10,12-13,19H,4-9H2,1-3H3. The van der Waals surface area contributed by atoms with Crippen LogP contribution in [-0.2, 0) is 0 Å². The lowest BCUT2D eigenvalue weighted by molar-refractivity contribution is 0.0533. The molecule has 0 radical (unpaired) electrons. The van der Waals surface area contributed by atoms with Crippen LogP contribution >= 0.6 is 0 Å². The molecule has 1 aromatic rings. The minimum Gasteiger partial charge on any atom is -0.393 e. The zero-order chi connectivity index (χ0) is 14.7. The largest absolute Gasteiger partial charge is 0.393 e. The van der Waals surface area contributed by atoms with Crippen LogP contribution in [0.1, 0.15) is 61.8 Å². The number of aliphatic hydroxyl groups excluding tert-OH is 1. The first-order valence-electron chi connectivity index (χ1n) is 7.60. The molecule has 1 amide bonds. The third-order valence-corrected chi connectivity index (χ3v) is 4.12. The summed E-state index contributed by atoms with van der Waals surface area (Å²) in [5.41, 5.74) is 1.57. The second kappa shape index (κ2) is 6.39. The van der Waals surface area contributed by atoms with E-state index in [1.807, 2.05) is 22.6 Å². The van der Waals surface area contributed by atoms with Crippen LogP contribution in [0.25, 0.3) is 0 Å². The Morgan fingerprint density at radius 1 is 1.40 bits per heavy atom. The summed E-state index contributed by atoms with van der Waals surface area (Å²) in [5, 5.41) is 14.1. The molecule has 1 aliphatic rings. The maximum absolute atomic E-state index is 12.7. The molecule has 0 aliphatic carbocycles. The average Bonchev–Trinajstić information content (AvgIpc) is 2.82. The Bertz CT molecular complexity index is 458. The predicted molar refractivity (Wildman–Crippen MR) is 77.7 cm³/mol. The van der Waals surface area contributed by atoms with Gasteiger partial charge in [0.15, 0.2) is 0 Å². The van der Waals surface area contributed by atoms with Crippen molar-refractivity contribution in [1.82, 2.24) is 14.7 Å². The number of nitrogens with zero attached hydrogens (tertiary/aromatic N) is 3. The monoisotopic (exact) mass is 279 g/mol. The van der Waals surface area contributed by atoms with Gasteiger partial charge >= 0.3 is 0 Å². The summed E-state index contributed by atoms with van der Waals surface area (Å²) >= 11 is 0. The summed E-state index contributed by atoms with van der Waals surface area (Å²) in [7, 11) is 0. The number of hydrogen-bond acceptors (Lipinski definition) is 3. The van der Waals surface area contributed by atoms with Crippen molar-refractivity contribution in [1.29, 1.82) is 0 Å². The van der Waals surface area contributed by atoms with Gasteiger partial charge < -0.3 is 10.0 Å². The second-order valence-corrected chi connectivity index (χ2v) is 5.61. The lowest BCUT2D eigenvalue weighted by Gasteiger charge is -2.30. The van der Waals surface area contributed by atoms with Gasteiger partial charge in [-0.2, -0.15) is 5.10 Å². The number of aryl methyl sites for hydroxylation is 1. The van der Waals surface area contributed by atoms with Crippen molar-refractivity contribution in [2.24, 2.45) is 0 Å². The molecule has 1 fully saturated rings. The number of carbonyl (C=O) groups excluding carboxylic acids is 1. The molecule has 0 atom stereocenters. The lowest BCUT2D eigenvalue weighted by atomic mass is 10.1. The first-order chi connectivity index (χ1) is 9.56. The molecule has 0 spiro atoms. The highest BCUT2D eigenvalue weighted by molar-refractivity contribution is 5.92. The summed E-state index contributed by atoms with van der Waals surface area (Å²) in [6.45, 7) is 7.43. The van der Waals surface area contributed by atoms with E-state index in [1.54, 1.807) is 0 Å². The number of likely N-dealkylation sites (tertiary alicyclic amines) is 1. The molecule has 1 saturated heterocycles. The Balaban J connectivity index is 2.21. The quantitative estimate of drug-likeness (QED) is 0.918. The van der Waals surface area contributed by atoms with Crippen LogP contribution in [0.15, 0.2) is 6.07 Å². The van der Waals surface area contributed by atoms with Crippen LogP contribution in [0, 0.1) is 6.92 Å². The number of piperidine rings is 1. The van der Waals surface area contributed by atoms with Gasteiger partial charge in [-0.3, -0.25) is 9.48 Å². The second-order valence-electron chi connectivity index (χ2n) is 5.61. The van der Waals surface area contributed by atoms with Gasteiger partial charge in [-0.1, -0.05) is 13.8 Å². The van der Waals surface area contributed by atoms with Crippen LogP contribution < -0.4 is 0 Å². The summed E-state index contributed by atoms with van der Waals surface area (Å²) in [6, 6.07) is 2.16. The van der Waals surface area contributed by atoms with E-state index in [1.165, 1.54) is 0 Å². The van der Waals surface area contributed by atoms with Crippen LogP contribution in [0.4, 0.5) is 0 Å². The molecule has 0 saturated carbocycles. The zero-order valence-electron chi connectivity index (χ0n) is 12.7. The third kappa shape index (κ3) is 3.03. The summed E-state index contributed by atoms with van der Waals surface area (Å²) < 4.78 is 1.89. The van der Waals surface area contributed by atoms with E-state index in [0.717, 1.165) is 18.5 Å². The maximum atomic E-state index is 12.7. The normalized spacial score (nSPS) is 16.9. The molecule has 1 aromatic heterocycles. The minimum atomic E-state index is -0.260. The Morgan fingerprint density at radius 3 is 2.55 bits per heavy atom. The third-order valence-electron chi connectivity index (χ3n) is 4.12. The Hall–Kier alpha value is -1.36. The van der Waals surface area contributed by atoms with Gasteiger partial charge in [0.2, 0.25) is 0 Å². The van der Waals surface area contributed by atoms with E-state index in [-0.39, 0.29) is 18.1 Å². The van der Waals surface area contributed by atoms with Crippen molar-refractivity contribution in [2.75, 3.05) is 13.1 Å². The van der Waals surface area contributed by atoms with Crippen LogP contribution in [0.3, 0.4) is 0 Å². The molecule has 112 valence electrons. The van der Waals surface area contributed by atoms with E-state index in [2.05, 4.69) is 18.9 Å². The fraction of sp³-hybridized carbons (Fsp3) is 0.733. The summed E-state index contributed by atoms with van der Waals surface area (Å²) in [5.74, 6) is 0.0457. The van der Waals surface area contributed by atoms with Gasteiger partial charge in [0.25, 0.3) is 5.91 Å². The zero-order valence-corrected chi connectivity index (χ0v) is 12.7. The van der Waals surface area contributed by atoms with Crippen LogP contribution in [-0.4, -0.2) is 44.9 Å². The highest BCUT2D eigenvalue weighted by Crippen LogP contribution is 2.21. The van der Waals surface area contributed by atoms with Crippen LogP contribution in [0.5, 0.6) is 0 Å². The number of amides is 1. The van der Waals surface area contributed by atoms with Crippen molar-refractivity contribution in [2.45, 2.75) is 58.6 Å². The van der Waals surface area contributed by atoms with E-state index >= 15 is 0 Å². The number of hydrogen-bond donors (Lipinski definition) is 1. The van der Waals surface area contributed by atoms with Crippen molar-refractivity contribution in [3.05, 3.63) is 17.5 Å². The van der Waals surface area contributed by atoms with Gasteiger partial charge in [-0.15, -0.1) is 0 Å². The van der Waals surface area contributed by atoms with E-state index in [0.29, 0.717) is 31.6 Å². The molecule has 0 bridgehead atoms. The molecule has 2 rings (SSSR count). The van der Waals surface area contributed by atoms with Gasteiger partial charge in [0.1, 0.15) is 5.69 Å². The van der Waals surface area contributed by atoms with E-state index < -0.39 is 0 Å². The summed E-state index contributed by atoms with van der Waals surface area (Å²) in [4.78, 5) is 14.5. The Labute approximate surface area is 120 Å². The first-order valence-corrected chi connectivity index (χ1v) is 7.60. The fourth-order valence-corrected chi connectivity index (χ4v) is 2.82. The number of aliphatic hydroxyl groups is 1. The molecule has 2 heterocycles. The van der Waals surface area contributed by atoms with Crippen LogP contribution in [0.2, 0.25) is 0 Å². The van der Waals surface area contributed by atoms with Crippen molar-refractivity contribution in [3.8, 4) is 0 Å². The summed E-state index contributed by atoms with van der Waals surface area (Å²) in [6.07, 6.45) is 3.02. The van der Waals surface area contributed by atoms with Gasteiger partial charge in [0, 0.05) is 13.1 Å². The van der Waals surface area contributed by atoms with Crippen molar-refractivity contribution in [3.63, 3.8) is 0 Å². The van der Waals surface area contributed by atoms with Crippen molar-refractivity contribution < 1.29 is 9.90 Å². The van der Waals surface area contributed by atoms with Gasteiger partial charge in [-0.25, -0.2) is 0 Å². The molecule has 5 nitrogen and oxygen atoms in total. The maximum Gasteiger partial charge on any atom is 0.272 e. The lowest BCUT2D eigenvalue weighted by Crippen LogP contribution is -2.41. The van der Waals surface area contributed by atoms with E-state index in [9.17, 15) is 9.90 Å². The molecule has 20 heavy (non-hydrogen) atoms. The Morgan fingerprint density at radius 2 is 2.00 bits per heavy atom. The molecule has 1 aliphatic heterocycles. The Kier molecular flexibility index (Phi) is 4.81. The highest BCUT2D eigenvalue weighted by Gasteiger charge is 2.26. The number of rotatable bonds is 4. The SMILES string of the molecule is CCC(CC)n1nc(C)cc1C(=O)N1CCC(O)CC1. The highest BCUT2D eigenvalue weighted by atomic mass is 16.3. The predicted octanol–water partition coefficient (Wildman–Crippen LogP) is 2.15. The topological polar surface area (TPSA) is 58.4 Å². The van der Waals surface area contributed by atoms with Gasteiger partial charge in [-0.05, 0) is 38.7 Å². The van der Waals surface area contributed by atoms with Crippen molar-refractivity contribution >= 4 is 5.91 Å². The molecular formula is C15H25N3O2. The number of aromatic nitrogens is 2. The number of carbonyl (C=O) groups is 1. The minimum absolute atomic E-state index is 0.0457. The van der Waals surface area contributed by atoms with Gasteiger partial charge in [0.05, 0.1) is 17.8 Å². The first kappa shape index (κ1) is 15.0. The average molecular weight is 279 g/mol. The molecule has 0 unspecified atom stereocenters. The molecule has 0 aromatic carbocycles. The molecule has 5 heteroatoms. The fourth-order valence-electron chi connectivity index (χ4n) is 2.82. The molecular weight excluding hydrogens is 254 g/mol. The smallest absolute Gasteiger partial charge is 0.272 e.